The maximum absolute atomic E-state index is 11.7. The van der Waals surface area contributed by atoms with E-state index in [1.165, 1.54) is 16.8 Å². The largest absolute Gasteiger partial charge is 0.396 e. The first-order valence-electron chi connectivity index (χ1n) is 5.33. The Morgan fingerprint density at radius 1 is 1.65 bits per heavy atom. The van der Waals surface area contributed by atoms with E-state index in [0.717, 1.165) is 0 Å². The molecule has 0 saturated heterocycles. The molecule has 0 bridgehead atoms. The Labute approximate surface area is 98.2 Å². The van der Waals surface area contributed by atoms with E-state index in [9.17, 15) is 14.9 Å². The standard InChI is InChI=1S/C10H15N3O4/c1-2-12-7-8(13(16)17)6-9(12)10(15)11-4-3-5-14/h6-7,14H,2-5H2,1H3,(H,11,15). The fraction of sp³-hybridized carbons (Fsp3) is 0.500. The van der Waals surface area contributed by atoms with Crippen LogP contribution in [-0.2, 0) is 6.54 Å². The summed E-state index contributed by atoms with van der Waals surface area (Å²) < 4.78 is 1.52. The molecule has 0 fully saturated rings. The Morgan fingerprint density at radius 2 is 2.35 bits per heavy atom. The van der Waals surface area contributed by atoms with Gasteiger partial charge in [0.2, 0.25) is 0 Å². The lowest BCUT2D eigenvalue weighted by atomic mass is 10.3. The lowest BCUT2D eigenvalue weighted by molar-refractivity contribution is -0.384. The quantitative estimate of drug-likeness (QED) is 0.431. The number of aromatic nitrogens is 1. The van der Waals surface area contributed by atoms with Crippen molar-refractivity contribution >= 4 is 11.6 Å². The normalized spacial score (nSPS) is 10.2. The van der Waals surface area contributed by atoms with Crippen LogP contribution in [0, 0.1) is 10.1 Å². The SMILES string of the molecule is CCn1cc([N+](=O)[O-])cc1C(=O)NCCCO. The first-order chi connectivity index (χ1) is 8.10. The van der Waals surface area contributed by atoms with Gasteiger partial charge in [-0.1, -0.05) is 0 Å². The zero-order chi connectivity index (χ0) is 12.8. The lowest BCUT2D eigenvalue weighted by Crippen LogP contribution is -2.27. The van der Waals surface area contributed by atoms with Gasteiger partial charge in [-0.25, -0.2) is 0 Å². The Balaban J connectivity index is 2.81. The summed E-state index contributed by atoms with van der Waals surface area (Å²) in [5, 5.41) is 21.8. The Hall–Kier alpha value is -1.89. The molecule has 17 heavy (non-hydrogen) atoms. The molecule has 7 nitrogen and oxygen atoms in total. The molecule has 7 heteroatoms. The molecule has 0 aromatic carbocycles. The lowest BCUT2D eigenvalue weighted by Gasteiger charge is -2.06. The van der Waals surface area contributed by atoms with E-state index in [2.05, 4.69) is 5.32 Å². The van der Waals surface area contributed by atoms with Gasteiger partial charge in [0.25, 0.3) is 11.6 Å². The molecule has 0 spiro atoms. The number of nitrogens with one attached hydrogen (secondary N) is 1. The number of hydrogen-bond donors (Lipinski definition) is 2. The van der Waals surface area contributed by atoms with Gasteiger partial charge in [0.05, 0.1) is 11.1 Å². The van der Waals surface area contributed by atoms with Crippen LogP contribution in [0.2, 0.25) is 0 Å². The highest BCUT2D eigenvalue weighted by molar-refractivity contribution is 5.93. The van der Waals surface area contributed by atoms with E-state index in [4.69, 9.17) is 5.11 Å². The van der Waals surface area contributed by atoms with E-state index in [0.29, 0.717) is 19.5 Å². The molecule has 1 heterocycles. The smallest absolute Gasteiger partial charge is 0.287 e. The summed E-state index contributed by atoms with van der Waals surface area (Å²) >= 11 is 0. The summed E-state index contributed by atoms with van der Waals surface area (Å²) in [7, 11) is 0. The van der Waals surface area contributed by atoms with Crippen LogP contribution in [0.3, 0.4) is 0 Å². The van der Waals surface area contributed by atoms with Crippen molar-refractivity contribution in [3.8, 4) is 0 Å². The van der Waals surface area contributed by atoms with E-state index >= 15 is 0 Å². The Kier molecular flexibility index (Phi) is 4.65. The molecule has 0 aliphatic rings. The molecule has 0 aliphatic carbocycles. The highest BCUT2D eigenvalue weighted by Crippen LogP contribution is 2.16. The summed E-state index contributed by atoms with van der Waals surface area (Å²) in [4.78, 5) is 21.8. The molecule has 0 unspecified atom stereocenters. The van der Waals surface area contributed by atoms with Crippen molar-refractivity contribution in [2.45, 2.75) is 19.9 Å². The van der Waals surface area contributed by atoms with E-state index < -0.39 is 4.92 Å². The zero-order valence-corrected chi connectivity index (χ0v) is 9.55. The van der Waals surface area contributed by atoms with Gasteiger partial charge in [-0.3, -0.25) is 14.9 Å². The van der Waals surface area contributed by atoms with Crippen LogP contribution in [-0.4, -0.2) is 33.7 Å². The molecule has 1 rings (SSSR count). The second-order valence-electron chi connectivity index (χ2n) is 3.46. The van der Waals surface area contributed by atoms with Crippen LogP contribution < -0.4 is 5.32 Å². The van der Waals surface area contributed by atoms with Crippen molar-refractivity contribution < 1.29 is 14.8 Å². The summed E-state index contributed by atoms with van der Waals surface area (Å²) in [6.07, 6.45) is 1.79. The van der Waals surface area contributed by atoms with Crippen LogP contribution in [0.25, 0.3) is 0 Å². The number of aryl methyl sites for hydroxylation is 1. The van der Waals surface area contributed by atoms with Gasteiger partial charge in [0.15, 0.2) is 0 Å². The third-order valence-electron chi connectivity index (χ3n) is 2.29. The number of amides is 1. The summed E-state index contributed by atoms with van der Waals surface area (Å²) in [5.74, 6) is -0.367. The molecule has 0 saturated carbocycles. The Bertz CT molecular complexity index is 414. The number of nitrogens with zero attached hydrogens (tertiary/aromatic N) is 2. The first kappa shape index (κ1) is 13.2. The molecule has 1 amide bonds. The number of rotatable bonds is 6. The minimum absolute atomic E-state index is 0.00474. The summed E-state index contributed by atoms with van der Waals surface area (Å²) in [5.41, 5.74) is 0.163. The number of carbonyl (C=O) groups excluding carboxylic acids is 1. The van der Waals surface area contributed by atoms with E-state index in [1.54, 1.807) is 6.92 Å². The van der Waals surface area contributed by atoms with Crippen LogP contribution in [0.15, 0.2) is 12.3 Å². The van der Waals surface area contributed by atoms with Crippen LogP contribution in [0.4, 0.5) is 5.69 Å². The molecule has 0 radical (unpaired) electrons. The average Bonchev–Trinajstić information content (AvgIpc) is 2.73. The number of aliphatic hydroxyl groups is 1. The predicted octanol–water partition coefficient (Wildman–Crippen LogP) is 0.528. The fourth-order valence-corrected chi connectivity index (χ4v) is 1.42. The van der Waals surface area contributed by atoms with Gasteiger partial charge in [-0.2, -0.15) is 0 Å². The third kappa shape index (κ3) is 3.28. The zero-order valence-electron chi connectivity index (χ0n) is 9.55. The van der Waals surface area contributed by atoms with Gasteiger partial charge < -0.3 is 15.0 Å². The molecule has 0 atom stereocenters. The molecule has 1 aromatic heterocycles. The van der Waals surface area contributed by atoms with Crippen LogP contribution >= 0.6 is 0 Å². The maximum Gasteiger partial charge on any atom is 0.287 e. The van der Waals surface area contributed by atoms with E-state index in [1.807, 2.05) is 0 Å². The number of aliphatic hydroxyl groups excluding tert-OH is 1. The van der Waals surface area contributed by atoms with Crippen molar-refractivity contribution in [2.24, 2.45) is 0 Å². The van der Waals surface area contributed by atoms with E-state index in [-0.39, 0.29) is 23.9 Å². The molecular weight excluding hydrogens is 226 g/mol. The van der Waals surface area contributed by atoms with Crippen LogP contribution in [0.1, 0.15) is 23.8 Å². The summed E-state index contributed by atoms with van der Waals surface area (Å²) in [6.45, 7) is 2.62. The highest BCUT2D eigenvalue weighted by atomic mass is 16.6. The maximum atomic E-state index is 11.7. The average molecular weight is 241 g/mol. The monoisotopic (exact) mass is 241 g/mol. The number of hydrogen-bond acceptors (Lipinski definition) is 4. The second-order valence-corrected chi connectivity index (χ2v) is 3.46. The number of carbonyl (C=O) groups is 1. The topological polar surface area (TPSA) is 97.4 Å². The van der Waals surface area contributed by atoms with Gasteiger partial charge in [0.1, 0.15) is 5.69 Å². The fourth-order valence-electron chi connectivity index (χ4n) is 1.42. The van der Waals surface area contributed by atoms with Gasteiger partial charge in [-0.15, -0.1) is 0 Å². The van der Waals surface area contributed by atoms with Crippen molar-refractivity contribution in [1.82, 2.24) is 9.88 Å². The van der Waals surface area contributed by atoms with Gasteiger partial charge in [-0.05, 0) is 13.3 Å². The van der Waals surface area contributed by atoms with Gasteiger partial charge >= 0.3 is 0 Å². The minimum Gasteiger partial charge on any atom is -0.396 e. The van der Waals surface area contributed by atoms with Crippen molar-refractivity contribution in [1.29, 1.82) is 0 Å². The first-order valence-corrected chi connectivity index (χ1v) is 5.33. The highest BCUT2D eigenvalue weighted by Gasteiger charge is 2.17. The molecule has 1 aromatic rings. The molecule has 0 aliphatic heterocycles. The van der Waals surface area contributed by atoms with Crippen LogP contribution in [0.5, 0.6) is 0 Å². The predicted molar refractivity (Wildman–Crippen MR) is 60.8 cm³/mol. The third-order valence-corrected chi connectivity index (χ3v) is 2.29. The number of nitro groups is 1. The summed E-state index contributed by atoms with van der Waals surface area (Å²) in [6, 6.07) is 1.25. The van der Waals surface area contributed by atoms with Crippen molar-refractivity contribution in [3.05, 3.63) is 28.1 Å². The van der Waals surface area contributed by atoms with Crippen molar-refractivity contribution in [3.63, 3.8) is 0 Å². The minimum atomic E-state index is -0.531. The van der Waals surface area contributed by atoms with Gasteiger partial charge in [0, 0.05) is 25.8 Å². The van der Waals surface area contributed by atoms with Crippen molar-refractivity contribution in [2.75, 3.05) is 13.2 Å². The molecule has 94 valence electrons. The molecular formula is C10H15N3O4. The Morgan fingerprint density at radius 3 is 2.88 bits per heavy atom. The molecule has 2 N–H and O–H groups in total. The second kappa shape index (κ2) is 6.00.